The Morgan fingerprint density at radius 3 is 2.65 bits per heavy atom. The van der Waals surface area contributed by atoms with Gasteiger partial charge in [0.15, 0.2) is 0 Å². The van der Waals surface area contributed by atoms with Crippen LogP contribution in [0.3, 0.4) is 0 Å². The van der Waals surface area contributed by atoms with Gasteiger partial charge in [0.25, 0.3) is 0 Å². The van der Waals surface area contributed by atoms with Gasteiger partial charge in [0.05, 0.1) is 12.5 Å². The highest BCUT2D eigenvalue weighted by molar-refractivity contribution is 5.70. The number of hydrogen-bond donors (Lipinski definition) is 1. The molecule has 1 fully saturated rings. The van der Waals surface area contributed by atoms with Crippen LogP contribution in [0.4, 0.5) is 0 Å². The number of nitrogens with one attached hydrogen (secondary N) is 1. The number of carbonyl (C=O) groups is 1. The van der Waals surface area contributed by atoms with Crippen LogP contribution in [0, 0.1) is 0 Å². The molecule has 0 radical (unpaired) electrons. The molecule has 4 heteroatoms. The first-order valence-electron chi connectivity index (χ1n) is 6.40. The minimum absolute atomic E-state index is 0.142. The molecular weight excluding hydrogens is 218 g/mol. The average Bonchev–Trinajstić information content (AvgIpc) is 2.62. The van der Waals surface area contributed by atoms with Crippen molar-refractivity contribution in [3.63, 3.8) is 0 Å². The molecule has 1 aliphatic rings. The summed E-state index contributed by atoms with van der Waals surface area (Å²) in [5, 5.41) is 3.37. The topological polar surface area (TPSA) is 47.6 Å². The molecule has 100 valence electrons. The van der Waals surface area contributed by atoms with Crippen molar-refractivity contribution in [2.75, 3.05) is 13.7 Å². The number of carbonyl (C=O) groups excluding carboxylic acids is 1. The van der Waals surface area contributed by atoms with Crippen LogP contribution in [-0.4, -0.2) is 37.4 Å². The standard InChI is InChI=1S/C13H25NO3/c1-13(2,3)17-12(15)8-9-14-10-6-5-7-11(10)16-4/h10-11,14H,5-9H2,1-4H3. The lowest BCUT2D eigenvalue weighted by Crippen LogP contribution is -2.38. The van der Waals surface area contributed by atoms with Crippen LogP contribution in [0.2, 0.25) is 0 Å². The summed E-state index contributed by atoms with van der Waals surface area (Å²) in [4.78, 5) is 11.5. The van der Waals surface area contributed by atoms with Crippen LogP contribution in [-0.2, 0) is 14.3 Å². The van der Waals surface area contributed by atoms with E-state index in [2.05, 4.69) is 5.32 Å². The minimum Gasteiger partial charge on any atom is -0.460 e. The monoisotopic (exact) mass is 243 g/mol. The highest BCUT2D eigenvalue weighted by Gasteiger charge is 2.26. The van der Waals surface area contributed by atoms with Crippen molar-refractivity contribution in [3.8, 4) is 0 Å². The maximum atomic E-state index is 11.5. The second kappa shape index (κ2) is 6.36. The molecule has 4 nitrogen and oxygen atoms in total. The summed E-state index contributed by atoms with van der Waals surface area (Å²) in [6.07, 6.45) is 4.16. The molecule has 1 aliphatic carbocycles. The molecule has 0 aromatic heterocycles. The first kappa shape index (κ1) is 14.5. The Balaban J connectivity index is 2.17. The van der Waals surface area contributed by atoms with Gasteiger partial charge in [0.2, 0.25) is 0 Å². The number of methoxy groups -OCH3 is 1. The molecule has 1 N–H and O–H groups in total. The Morgan fingerprint density at radius 1 is 1.35 bits per heavy atom. The van der Waals surface area contributed by atoms with Crippen LogP contribution < -0.4 is 5.32 Å². The average molecular weight is 243 g/mol. The lowest BCUT2D eigenvalue weighted by atomic mass is 10.2. The van der Waals surface area contributed by atoms with Gasteiger partial charge in [-0.3, -0.25) is 4.79 Å². The van der Waals surface area contributed by atoms with E-state index in [0.29, 0.717) is 25.1 Å². The summed E-state index contributed by atoms with van der Waals surface area (Å²) in [7, 11) is 1.75. The molecule has 2 unspecified atom stereocenters. The number of rotatable bonds is 5. The van der Waals surface area contributed by atoms with E-state index < -0.39 is 0 Å². The van der Waals surface area contributed by atoms with E-state index >= 15 is 0 Å². The largest absolute Gasteiger partial charge is 0.460 e. The predicted octanol–water partition coefficient (Wildman–Crippen LogP) is 1.88. The SMILES string of the molecule is COC1CCCC1NCCC(=O)OC(C)(C)C. The van der Waals surface area contributed by atoms with Gasteiger partial charge >= 0.3 is 5.97 Å². The molecule has 2 atom stereocenters. The Kier molecular flexibility index (Phi) is 5.40. The molecule has 0 amide bonds. The van der Waals surface area contributed by atoms with Crippen molar-refractivity contribution in [1.82, 2.24) is 5.32 Å². The zero-order valence-electron chi connectivity index (χ0n) is 11.4. The first-order chi connectivity index (χ1) is 7.92. The van der Waals surface area contributed by atoms with Crippen LogP contribution >= 0.6 is 0 Å². The van der Waals surface area contributed by atoms with Gasteiger partial charge in [-0.2, -0.15) is 0 Å². The Hall–Kier alpha value is -0.610. The normalized spacial score (nSPS) is 24.9. The van der Waals surface area contributed by atoms with Gasteiger partial charge in [-0.25, -0.2) is 0 Å². The molecule has 0 heterocycles. The van der Waals surface area contributed by atoms with Crippen LogP contribution in [0.15, 0.2) is 0 Å². The third kappa shape index (κ3) is 5.50. The third-order valence-electron chi connectivity index (χ3n) is 2.91. The van der Waals surface area contributed by atoms with E-state index in [4.69, 9.17) is 9.47 Å². The second-order valence-corrected chi connectivity index (χ2v) is 5.60. The Bertz CT molecular complexity index is 248. The van der Waals surface area contributed by atoms with E-state index in [1.165, 1.54) is 6.42 Å². The van der Waals surface area contributed by atoms with Gasteiger partial charge < -0.3 is 14.8 Å². The lowest BCUT2D eigenvalue weighted by Gasteiger charge is -2.21. The third-order valence-corrected chi connectivity index (χ3v) is 2.91. The van der Waals surface area contributed by atoms with E-state index in [1.54, 1.807) is 7.11 Å². The summed E-state index contributed by atoms with van der Waals surface area (Å²) in [6.45, 7) is 6.32. The fourth-order valence-electron chi connectivity index (χ4n) is 2.19. The van der Waals surface area contributed by atoms with E-state index in [9.17, 15) is 4.79 Å². The maximum absolute atomic E-state index is 11.5. The molecule has 0 spiro atoms. The molecule has 0 bridgehead atoms. The molecule has 0 aromatic rings. The smallest absolute Gasteiger partial charge is 0.307 e. The fraction of sp³-hybridized carbons (Fsp3) is 0.923. The molecule has 1 saturated carbocycles. The van der Waals surface area contributed by atoms with Crippen LogP contribution in [0.5, 0.6) is 0 Å². The molecule has 0 aliphatic heterocycles. The van der Waals surface area contributed by atoms with E-state index in [-0.39, 0.29) is 11.6 Å². The summed E-state index contributed by atoms with van der Waals surface area (Å²) < 4.78 is 10.6. The Morgan fingerprint density at radius 2 is 2.06 bits per heavy atom. The molecule has 17 heavy (non-hydrogen) atoms. The van der Waals surface area contributed by atoms with Gasteiger partial charge in [0, 0.05) is 19.7 Å². The van der Waals surface area contributed by atoms with Crippen LogP contribution in [0.25, 0.3) is 0 Å². The summed E-state index contributed by atoms with van der Waals surface area (Å²) in [6, 6.07) is 0.391. The van der Waals surface area contributed by atoms with Crippen molar-refractivity contribution >= 4 is 5.97 Å². The van der Waals surface area contributed by atoms with Gasteiger partial charge in [0.1, 0.15) is 5.60 Å². The zero-order valence-corrected chi connectivity index (χ0v) is 11.4. The minimum atomic E-state index is -0.389. The van der Waals surface area contributed by atoms with Gasteiger partial charge in [-0.05, 0) is 40.0 Å². The van der Waals surface area contributed by atoms with Crippen molar-refractivity contribution in [2.45, 2.75) is 64.2 Å². The molecule has 1 rings (SSSR count). The zero-order chi connectivity index (χ0) is 12.9. The predicted molar refractivity (Wildman–Crippen MR) is 66.9 cm³/mol. The number of esters is 1. The summed E-state index contributed by atoms with van der Waals surface area (Å²) in [5.74, 6) is -0.142. The summed E-state index contributed by atoms with van der Waals surface area (Å²) >= 11 is 0. The maximum Gasteiger partial charge on any atom is 0.307 e. The van der Waals surface area contributed by atoms with Crippen molar-refractivity contribution < 1.29 is 14.3 Å². The number of ether oxygens (including phenoxy) is 2. The van der Waals surface area contributed by atoms with Crippen molar-refractivity contribution in [3.05, 3.63) is 0 Å². The van der Waals surface area contributed by atoms with Gasteiger partial charge in [-0.15, -0.1) is 0 Å². The van der Waals surface area contributed by atoms with E-state index in [0.717, 1.165) is 12.8 Å². The highest BCUT2D eigenvalue weighted by Crippen LogP contribution is 2.21. The quantitative estimate of drug-likeness (QED) is 0.749. The molecule has 0 aromatic carbocycles. The second-order valence-electron chi connectivity index (χ2n) is 5.60. The summed E-state index contributed by atoms with van der Waals surface area (Å²) in [5.41, 5.74) is -0.389. The number of hydrogen-bond acceptors (Lipinski definition) is 4. The van der Waals surface area contributed by atoms with Crippen molar-refractivity contribution in [2.24, 2.45) is 0 Å². The lowest BCUT2D eigenvalue weighted by molar-refractivity contribution is -0.154. The molecule has 0 saturated heterocycles. The molecular formula is C13H25NO3. The van der Waals surface area contributed by atoms with Gasteiger partial charge in [-0.1, -0.05) is 0 Å². The first-order valence-corrected chi connectivity index (χ1v) is 6.40. The van der Waals surface area contributed by atoms with Crippen molar-refractivity contribution in [1.29, 1.82) is 0 Å². The Labute approximate surface area is 104 Å². The van der Waals surface area contributed by atoms with Crippen LogP contribution in [0.1, 0.15) is 46.5 Å². The van der Waals surface area contributed by atoms with E-state index in [1.807, 2.05) is 20.8 Å². The fourth-order valence-corrected chi connectivity index (χ4v) is 2.19. The highest BCUT2D eigenvalue weighted by atomic mass is 16.6.